The topological polar surface area (TPSA) is 52.5 Å². The van der Waals surface area contributed by atoms with Gasteiger partial charge in [0, 0.05) is 11.5 Å². The minimum Gasteiger partial charge on any atom is -0.508 e. The van der Waals surface area contributed by atoms with Crippen molar-refractivity contribution in [3.8, 4) is 5.75 Å². The number of aryl methyl sites for hydroxylation is 1. The van der Waals surface area contributed by atoms with Gasteiger partial charge in [-0.2, -0.15) is 0 Å². The molecule has 0 aromatic heterocycles. The van der Waals surface area contributed by atoms with Crippen molar-refractivity contribution in [2.24, 2.45) is 5.92 Å². The second-order valence-electron chi connectivity index (χ2n) is 7.00. The summed E-state index contributed by atoms with van der Waals surface area (Å²) >= 11 is 0. The number of aliphatic hydroxyl groups is 1. The molecule has 1 saturated carbocycles. The van der Waals surface area contributed by atoms with E-state index in [4.69, 9.17) is 0 Å². The van der Waals surface area contributed by atoms with Crippen LogP contribution >= 0.6 is 0 Å². The van der Waals surface area contributed by atoms with E-state index in [1.165, 1.54) is 16.7 Å². The van der Waals surface area contributed by atoms with Gasteiger partial charge in [0.15, 0.2) is 0 Å². The lowest BCUT2D eigenvalue weighted by Crippen LogP contribution is -2.61. The molecule has 3 N–H and O–H groups in total. The van der Waals surface area contributed by atoms with Crippen LogP contribution in [0.5, 0.6) is 5.75 Å². The minimum absolute atomic E-state index is 0.0880. The smallest absolute Gasteiger partial charge is 0.116 e. The van der Waals surface area contributed by atoms with Gasteiger partial charge in [0.2, 0.25) is 0 Å². The number of piperidine rings is 1. The molecule has 0 amide bonds. The van der Waals surface area contributed by atoms with Crippen LogP contribution in [0.3, 0.4) is 0 Å². The zero-order valence-electron chi connectivity index (χ0n) is 12.0. The molecule has 0 spiro atoms. The molecular formula is C17H23NO2. The summed E-state index contributed by atoms with van der Waals surface area (Å²) in [5.74, 6) is 1.000. The fraction of sp³-hybridized carbons (Fsp3) is 0.647. The second-order valence-corrected chi connectivity index (χ2v) is 7.00. The number of hydrogen-bond donors (Lipinski definition) is 3. The van der Waals surface area contributed by atoms with E-state index in [0.29, 0.717) is 17.7 Å². The van der Waals surface area contributed by atoms with Crippen LogP contribution < -0.4 is 5.32 Å². The zero-order chi connectivity index (χ0) is 13.9. The van der Waals surface area contributed by atoms with E-state index in [1.807, 2.05) is 12.1 Å². The van der Waals surface area contributed by atoms with Gasteiger partial charge in [0.05, 0.1) is 6.10 Å². The summed E-state index contributed by atoms with van der Waals surface area (Å²) in [6.45, 7) is 3.13. The molecule has 1 aromatic rings. The van der Waals surface area contributed by atoms with Crippen molar-refractivity contribution in [2.45, 2.75) is 56.6 Å². The van der Waals surface area contributed by atoms with Crippen LogP contribution in [0.4, 0.5) is 0 Å². The van der Waals surface area contributed by atoms with Crippen LogP contribution in [0.1, 0.15) is 42.4 Å². The molecule has 3 heteroatoms. The van der Waals surface area contributed by atoms with Crippen molar-refractivity contribution in [2.75, 3.05) is 6.54 Å². The van der Waals surface area contributed by atoms with Gasteiger partial charge in [-0.3, -0.25) is 0 Å². The van der Waals surface area contributed by atoms with Gasteiger partial charge in [0.1, 0.15) is 5.75 Å². The third-order valence-electron chi connectivity index (χ3n) is 6.00. The maximum atomic E-state index is 10.2. The summed E-state index contributed by atoms with van der Waals surface area (Å²) in [4.78, 5) is 0. The van der Waals surface area contributed by atoms with E-state index >= 15 is 0 Å². The fourth-order valence-electron chi connectivity index (χ4n) is 5.21. The van der Waals surface area contributed by atoms with Crippen molar-refractivity contribution in [1.82, 2.24) is 5.32 Å². The predicted molar refractivity (Wildman–Crippen MR) is 78.0 cm³/mol. The highest BCUT2D eigenvalue weighted by Gasteiger charge is 2.53. The molecule has 4 atom stereocenters. The molecule has 1 heterocycles. The predicted octanol–water partition coefficient (Wildman–Crippen LogP) is 2.02. The van der Waals surface area contributed by atoms with Gasteiger partial charge in [-0.1, -0.05) is 0 Å². The molecule has 1 saturated heterocycles. The molecule has 3 aliphatic rings. The van der Waals surface area contributed by atoms with Crippen LogP contribution in [0.25, 0.3) is 0 Å². The number of rotatable bonds is 0. The highest BCUT2D eigenvalue weighted by atomic mass is 16.3. The Bertz CT molecular complexity index is 556. The number of benzene rings is 1. The van der Waals surface area contributed by atoms with E-state index < -0.39 is 0 Å². The van der Waals surface area contributed by atoms with Crippen LogP contribution in [0, 0.1) is 12.8 Å². The highest BCUT2D eigenvalue weighted by molar-refractivity contribution is 5.49. The molecule has 108 valence electrons. The van der Waals surface area contributed by atoms with Crippen LogP contribution in [-0.4, -0.2) is 28.9 Å². The summed E-state index contributed by atoms with van der Waals surface area (Å²) in [5.41, 5.74) is 4.03. The zero-order valence-corrected chi connectivity index (χ0v) is 12.0. The molecule has 2 fully saturated rings. The van der Waals surface area contributed by atoms with Crippen molar-refractivity contribution in [3.63, 3.8) is 0 Å². The number of phenols is 1. The molecule has 4 rings (SSSR count). The average Bonchev–Trinajstić information content (AvgIpc) is 2.39. The lowest BCUT2D eigenvalue weighted by molar-refractivity contribution is 0.00358. The van der Waals surface area contributed by atoms with Crippen molar-refractivity contribution >= 4 is 0 Å². The Kier molecular flexibility index (Phi) is 2.67. The largest absolute Gasteiger partial charge is 0.508 e. The molecule has 2 aliphatic carbocycles. The maximum Gasteiger partial charge on any atom is 0.116 e. The van der Waals surface area contributed by atoms with Gasteiger partial charge in [-0.15, -0.1) is 0 Å². The van der Waals surface area contributed by atoms with Crippen LogP contribution in [0.15, 0.2) is 12.1 Å². The summed E-state index contributed by atoms with van der Waals surface area (Å²) in [6, 6.07) is 4.41. The average molecular weight is 273 g/mol. The lowest BCUT2D eigenvalue weighted by atomic mass is 9.52. The monoisotopic (exact) mass is 273 g/mol. The standard InChI is InChI=1S/C17H23NO2/c1-10-6-12(20)7-15-13(10)8-16-14-3-2-11(19)9-17(14,15)4-5-18-16/h6-7,11,14,16,18-20H,2-5,8-9H2,1H3/t11?,14-,16+,17-/m0/s1. The number of aliphatic hydroxyl groups excluding tert-OH is 1. The van der Waals surface area contributed by atoms with Crippen LogP contribution in [-0.2, 0) is 11.8 Å². The van der Waals surface area contributed by atoms with Crippen molar-refractivity contribution in [1.29, 1.82) is 0 Å². The number of phenolic OH excluding ortho intramolecular Hbond substituents is 1. The summed E-state index contributed by atoms with van der Waals surface area (Å²) < 4.78 is 0. The highest BCUT2D eigenvalue weighted by Crippen LogP contribution is 2.54. The van der Waals surface area contributed by atoms with E-state index in [1.54, 1.807) is 0 Å². The lowest BCUT2D eigenvalue weighted by Gasteiger charge is -2.57. The molecular weight excluding hydrogens is 250 g/mol. The van der Waals surface area contributed by atoms with Gasteiger partial charge < -0.3 is 15.5 Å². The first kappa shape index (κ1) is 12.7. The molecule has 20 heavy (non-hydrogen) atoms. The normalized spacial score (nSPS) is 39.0. The number of aromatic hydroxyl groups is 1. The van der Waals surface area contributed by atoms with Crippen molar-refractivity contribution < 1.29 is 10.2 Å². The van der Waals surface area contributed by atoms with E-state index in [-0.39, 0.29) is 11.5 Å². The molecule has 1 unspecified atom stereocenters. The van der Waals surface area contributed by atoms with Crippen molar-refractivity contribution in [3.05, 3.63) is 28.8 Å². The van der Waals surface area contributed by atoms with Gasteiger partial charge in [0.25, 0.3) is 0 Å². The van der Waals surface area contributed by atoms with Gasteiger partial charge >= 0.3 is 0 Å². The van der Waals surface area contributed by atoms with Crippen LogP contribution in [0.2, 0.25) is 0 Å². The summed E-state index contributed by atoms with van der Waals surface area (Å²) in [7, 11) is 0. The molecule has 3 nitrogen and oxygen atoms in total. The Labute approximate surface area is 120 Å². The number of fused-ring (bicyclic) bond motifs is 1. The Morgan fingerprint density at radius 1 is 1.30 bits per heavy atom. The quantitative estimate of drug-likeness (QED) is 0.678. The van der Waals surface area contributed by atoms with E-state index in [2.05, 4.69) is 12.2 Å². The molecule has 1 aromatic carbocycles. The molecule has 2 bridgehead atoms. The van der Waals surface area contributed by atoms with E-state index in [0.717, 1.165) is 38.6 Å². The molecule has 0 radical (unpaired) electrons. The third-order valence-corrected chi connectivity index (χ3v) is 6.00. The fourth-order valence-corrected chi connectivity index (χ4v) is 5.21. The second kappa shape index (κ2) is 4.22. The summed E-state index contributed by atoms with van der Waals surface area (Å²) in [5, 5.41) is 24.0. The first-order valence-electron chi connectivity index (χ1n) is 7.84. The van der Waals surface area contributed by atoms with Gasteiger partial charge in [-0.05, 0) is 80.3 Å². The first-order chi connectivity index (χ1) is 9.60. The number of nitrogens with one attached hydrogen (secondary N) is 1. The Morgan fingerprint density at radius 3 is 3.00 bits per heavy atom. The molecule has 1 aliphatic heterocycles. The first-order valence-corrected chi connectivity index (χ1v) is 7.84. The maximum absolute atomic E-state index is 10.2. The third kappa shape index (κ3) is 1.60. The number of hydrogen-bond acceptors (Lipinski definition) is 3. The van der Waals surface area contributed by atoms with E-state index in [9.17, 15) is 10.2 Å². The summed E-state index contributed by atoms with van der Waals surface area (Å²) in [6.07, 6.45) is 4.88. The van der Waals surface area contributed by atoms with Gasteiger partial charge in [-0.25, -0.2) is 0 Å². The Hall–Kier alpha value is -1.06. The Balaban J connectivity index is 1.93. The minimum atomic E-state index is -0.182. The Morgan fingerprint density at radius 2 is 2.15 bits per heavy atom. The SMILES string of the molecule is Cc1cc(O)cc2c1C[C@H]1NCC[C@@]23CC(O)CC[C@@H]13.